The van der Waals surface area contributed by atoms with Gasteiger partial charge in [-0.1, -0.05) is 54.6 Å². The highest BCUT2D eigenvalue weighted by Crippen LogP contribution is 2.20. The lowest BCUT2D eigenvalue weighted by molar-refractivity contribution is -0.155. The van der Waals surface area contributed by atoms with E-state index in [9.17, 15) is 4.79 Å². The normalized spacial score (nSPS) is 18.1. The molecule has 3 rings (SSSR count). The summed E-state index contributed by atoms with van der Waals surface area (Å²) < 4.78 is 11.0. The Kier molecular flexibility index (Phi) is 4.99. The Morgan fingerprint density at radius 2 is 1.73 bits per heavy atom. The first-order valence-corrected chi connectivity index (χ1v) is 7.75. The number of ether oxygens (including phenoxy) is 2. The van der Waals surface area contributed by atoms with Crippen LogP contribution in [0, 0.1) is 0 Å². The molecule has 0 N–H and O–H groups in total. The summed E-state index contributed by atoms with van der Waals surface area (Å²) in [7, 11) is 0. The summed E-state index contributed by atoms with van der Waals surface area (Å²) >= 11 is 0. The van der Waals surface area contributed by atoms with E-state index < -0.39 is 0 Å². The fraction of sp³-hybridized carbons (Fsp3) is 0.316. The number of hydrogen-bond acceptors (Lipinski definition) is 3. The maximum Gasteiger partial charge on any atom is 0.188 e. The lowest BCUT2D eigenvalue weighted by Gasteiger charge is -2.22. The van der Waals surface area contributed by atoms with Crippen molar-refractivity contribution < 1.29 is 14.3 Å². The fourth-order valence-corrected chi connectivity index (χ4v) is 2.57. The van der Waals surface area contributed by atoms with E-state index in [1.807, 2.05) is 42.5 Å². The molecule has 0 radical (unpaired) electrons. The summed E-state index contributed by atoms with van der Waals surface area (Å²) in [6, 6.07) is 17.8. The van der Waals surface area contributed by atoms with Gasteiger partial charge in [-0.25, -0.2) is 0 Å². The van der Waals surface area contributed by atoms with Crippen molar-refractivity contribution >= 4 is 5.78 Å². The van der Waals surface area contributed by atoms with Crippen LogP contribution in [-0.4, -0.2) is 25.3 Å². The van der Waals surface area contributed by atoms with Crippen molar-refractivity contribution in [1.82, 2.24) is 0 Å². The zero-order chi connectivity index (χ0) is 15.2. The van der Waals surface area contributed by atoms with Gasteiger partial charge in [-0.15, -0.1) is 0 Å². The minimum absolute atomic E-state index is 0.00575. The molecule has 0 aromatic heterocycles. The van der Waals surface area contributed by atoms with Crippen LogP contribution in [0.5, 0.6) is 0 Å². The molecule has 3 heteroatoms. The smallest absolute Gasteiger partial charge is 0.188 e. The average molecular weight is 296 g/mol. The molecule has 0 bridgehead atoms. The number of Topliss-reactive ketones (excluding diaryl/α,β-unsaturated/α-hetero) is 1. The van der Waals surface area contributed by atoms with Crippen molar-refractivity contribution in [3.63, 3.8) is 0 Å². The van der Waals surface area contributed by atoms with Crippen LogP contribution in [0.2, 0.25) is 0 Å². The first-order valence-electron chi connectivity index (χ1n) is 7.75. The highest BCUT2D eigenvalue weighted by Gasteiger charge is 2.16. The van der Waals surface area contributed by atoms with Gasteiger partial charge in [-0.2, -0.15) is 0 Å². The minimum Gasteiger partial charge on any atom is -0.353 e. The summed E-state index contributed by atoms with van der Waals surface area (Å²) in [6.45, 7) is 0.806. The van der Waals surface area contributed by atoms with Crippen LogP contribution in [0.4, 0.5) is 0 Å². The van der Waals surface area contributed by atoms with Gasteiger partial charge in [-0.05, 0) is 30.4 Å². The number of hydrogen-bond donors (Lipinski definition) is 0. The van der Waals surface area contributed by atoms with Crippen LogP contribution in [0.15, 0.2) is 54.6 Å². The standard InChI is InChI=1S/C19H20O3/c20-18(14-22-19-8-4-5-13-21-19)17-11-9-16(10-12-17)15-6-2-1-3-7-15/h1-3,6-7,9-12,19H,4-5,8,13-14H2. The van der Waals surface area contributed by atoms with Gasteiger partial charge in [-0.3, -0.25) is 4.79 Å². The summed E-state index contributed by atoms with van der Waals surface area (Å²) in [4.78, 5) is 12.2. The number of carbonyl (C=O) groups excluding carboxylic acids is 1. The first-order chi connectivity index (χ1) is 10.8. The molecule has 1 fully saturated rings. The van der Waals surface area contributed by atoms with Crippen molar-refractivity contribution in [2.24, 2.45) is 0 Å². The summed E-state index contributed by atoms with van der Waals surface area (Å²) in [5, 5.41) is 0. The predicted molar refractivity (Wildman–Crippen MR) is 85.8 cm³/mol. The van der Waals surface area contributed by atoms with Crippen molar-refractivity contribution in [2.75, 3.05) is 13.2 Å². The van der Waals surface area contributed by atoms with Crippen LogP contribution in [-0.2, 0) is 9.47 Å². The zero-order valence-corrected chi connectivity index (χ0v) is 12.5. The van der Waals surface area contributed by atoms with Crippen LogP contribution in [0.3, 0.4) is 0 Å². The monoisotopic (exact) mass is 296 g/mol. The van der Waals surface area contributed by atoms with Gasteiger partial charge in [0.2, 0.25) is 0 Å². The van der Waals surface area contributed by atoms with E-state index >= 15 is 0 Å². The van der Waals surface area contributed by atoms with Crippen molar-refractivity contribution in [3.8, 4) is 11.1 Å². The van der Waals surface area contributed by atoms with E-state index in [1.54, 1.807) is 0 Å². The maximum atomic E-state index is 12.2. The SMILES string of the molecule is O=C(COC1CCCCO1)c1ccc(-c2ccccc2)cc1. The van der Waals surface area contributed by atoms with Crippen LogP contribution in [0.25, 0.3) is 11.1 Å². The van der Waals surface area contributed by atoms with Crippen LogP contribution >= 0.6 is 0 Å². The molecule has 1 aliphatic heterocycles. The van der Waals surface area contributed by atoms with E-state index in [2.05, 4.69) is 12.1 Å². The molecule has 2 aromatic carbocycles. The predicted octanol–water partition coefficient (Wildman–Crippen LogP) is 4.08. The summed E-state index contributed by atoms with van der Waals surface area (Å²) in [5.74, 6) is -0.00575. The first kappa shape index (κ1) is 14.9. The second-order valence-corrected chi connectivity index (χ2v) is 5.47. The molecule has 1 saturated heterocycles. The van der Waals surface area contributed by atoms with Crippen LogP contribution < -0.4 is 0 Å². The topological polar surface area (TPSA) is 35.5 Å². The van der Waals surface area contributed by atoms with Crippen molar-refractivity contribution in [2.45, 2.75) is 25.6 Å². The van der Waals surface area contributed by atoms with E-state index in [0.717, 1.165) is 37.0 Å². The number of rotatable bonds is 5. The molecule has 3 nitrogen and oxygen atoms in total. The molecule has 22 heavy (non-hydrogen) atoms. The number of carbonyl (C=O) groups is 1. The molecular weight excluding hydrogens is 276 g/mol. The lowest BCUT2D eigenvalue weighted by Crippen LogP contribution is -2.25. The third kappa shape index (κ3) is 3.81. The Morgan fingerprint density at radius 3 is 2.41 bits per heavy atom. The molecule has 1 unspecified atom stereocenters. The Bertz CT molecular complexity index is 598. The quantitative estimate of drug-likeness (QED) is 0.780. The molecule has 114 valence electrons. The molecule has 1 atom stereocenters. The molecule has 1 heterocycles. The average Bonchev–Trinajstić information content (AvgIpc) is 2.61. The molecule has 1 aliphatic rings. The molecule has 0 saturated carbocycles. The third-order valence-corrected chi connectivity index (χ3v) is 3.85. The molecule has 2 aromatic rings. The fourth-order valence-electron chi connectivity index (χ4n) is 2.57. The minimum atomic E-state index is -0.221. The van der Waals surface area contributed by atoms with E-state index in [1.165, 1.54) is 0 Å². The Morgan fingerprint density at radius 1 is 1.00 bits per heavy atom. The lowest BCUT2D eigenvalue weighted by atomic mass is 10.0. The Hall–Kier alpha value is -1.97. The largest absolute Gasteiger partial charge is 0.353 e. The zero-order valence-electron chi connectivity index (χ0n) is 12.5. The van der Waals surface area contributed by atoms with Crippen LogP contribution in [0.1, 0.15) is 29.6 Å². The van der Waals surface area contributed by atoms with Gasteiger partial charge in [0.25, 0.3) is 0 Å². The van der Waals surface area contributed by atoms with Gasteiger partial charge in [0.05, 0.1) is 0 Å². The Balaban J connectivity index is 1.59. The van der Waals surface area contributed by atoms with Crippen molar-refractivity contribution in [1.29, 1.82) is 0 Å². The highest BCUT2D eigenvalue weighted by atomic mass is 16.7. The number of ketones is 1. The molecular formula is C19H20O3. The van der Waals surface area contributed by atoms with Crippen molar-refractivity contribution in [3.05, 3.63) is 60.2 Å². The Labute approximate surface area is 130 Å². The van der Waals surface area contributed by atoms with E-state index in [-0.39, 0.29) is 18.7 Å². The molecule has 0 aliphatic carbocycles. The third-order valence-electron chi connectivity index (χ3n) is 3.85. The maximum absolute atomic E-state index is 12.2. The van der Waals surface area contributed by atoms with Gasteiger partial charge in [0.1, 0.15) is 6.61 Å². The highest BCUT2D eigenvalue weighted by molar-refractivity contribution is 5.97. The molecule has 0 spiro atoms. The van der Waals surface area contributed by atoms with E-state index in [0.29, 0.717) is 5.56 Å². The van der Waals surface area contributed by atoms with Gasteiger partial charge < -0.3 is 9.47 Å². The second-order valence-electron chi connectivity index (χ2n) is 5.47. The summed E-state index contributed by atoms with van der Waals surface area (Å²) in [5.41, 5.74) is 2.93. The summed E-state index contributed by atoms with van der Waals surface area (Å²) in [6.07, 6.45) is 2.83. The van der Waals surface area contributed by atoms with Gasteiger partial charge in [0.15, 0.2) is 12.1 Å². The van der Waals surface area contributed by atoms with Gasteiger partial charge >= 0.3 is 0 Å². The second kappa shape index (κ2) is 7.34. The van der Waals surface area contributed by atoms with Gasteiger partial charge in [0, 0.05) is 12.2 Å². The number of benzene rings is 2. The molecule has 0 amide bonds. The van der Waals surface area contributed by atoms with E-state index in [4.69, 9.17) is 9.47 Å².